The van der Waals surface area contributed by atoms with Crippen molar-refractivity contribution in [1.82, 2.24) is 4.90 Å². The van der Waals surface area contributed by atoms with Crippen molar-refractivity contribution in [3.63, 3.8) is 0 Å². The maximum absolute atomic E-state index is 12.5. The van der Waals surface area contributed by atoms with Crippen molar-refractivity contribution in [1.29, 1.82) is 0 Å². The van der Waals surface area contributed by atoms with E-state index in [9.17, 15) is 29.3 Å². The zero-order valence-electron chi connectivity index (χ0n) is 15.6. The van der Waals surface area contributed by atoms with Crippen LogP contribution >= 0.6 is 0 Å². The number of hydrogen-bond acceptors (Lipinski definition) is 7. The lowest BCUT2D eigenvalue weighted by molar-refractivity contribution is -0.383. The van der Waals surface area contributed by atoms with Gasteiger partial charge in [-0.15, -0.1) is 0 Å². The Bertz CT molecular complexity index is 885. The normalized spacial score (nSPS) is 21.5. The zero-order chi connectivity index (χ0) is 21.1. The number of carbonyl (C=O) groups excluding carboxylic acids is 4. The van der Waals surface area contributed by atoms with Crippen molar-refractivity contribution in [2.75, 3.05) is 11.9 Å². The quantitative estimate of drug-likeness (QED) is 0.250. The average molecular weight is 401 g/mol. The fraction of sp³-hybridized carbons (Fsp3) is 0.368. The SMILES string of the molecule is C[C@@H](C(=O)OCC(=O)Nc1ccccc1[N+](=O)[O-])N1C(=O)[C@H]2CC=CC[C@@H]2C1=O. The molecule has 1 aromatic rings. The molecule has 1 aliphatic carbocycles. The lowest BCUT2D eigenvalue weighted by Crippen LogP contribution is -2.45. The third-order valence-corrected chi connectivity index (χ3v) is 4.99. The van der Waals surface area contributed by atoms with Gasteiger partial charge in [-0.25, -0.2) is 4.79 Å². The number of nitrogens with zero attached hydrogens (tertiary/aromatic N) is 2. The number of para-hydroxylation sites is 2. The second kappa shape index (κ2) is 8.21. The number of likely N-dealkylation sites (tertiary alicyclic amines) is 1. The summed E-state index contributed by atoms with van der Waals surface area (Å²) in [6, 6.07) is 4.36. The second-order valence-corrected chi connectivity index (χ2v) is 6.81. The van der Waals surface area contributed by atoms with Gasteiger partial charge in [-0.3, -0.25) is 29.4 Å². The molecule has 1 heterocycles. The van der Waals surface area contributed by atoms with Crippen LogP contribution < -0.4 is 5.32 Å². The first kappa shape index (κ1) is 20.2. The molecule has 2 aliphatic rings. The first-order chi connectivity index (χ1) is 13.8. The van der Waals surface area contributed by atoms with Crippen molar-refractivity contribution in [3.05, 3.63) is 46.5 Å². The van der Waals surface area contributed by atoms with E-state index >= 15 is 0 Å². The molecule has 152 valence electrons. The summed E-state index contributed by atoms with van der Waals surface area (Å²) in [4.78, 5) is 60.5. The van der Waals surface area contributed by atoms with Crippen LogP contribution in [0, 0.1) is 22.0 Å². The molecule has 0 bridgehead atoms. The first-order valence-electron chi connectivity index (χ1n) is 9.03. The highest BCUT2D eigenvalue weighted by Crippen LogP contribution is 2.36. The molecular formula is C19H19N3O7. The van der Waals surface area contributed by atoms with E-state index < -0.39 is 53.1 Å². The summed E-state index contributed by atoms with van der Waals surface area (Å²) < 4.78 is 4.92. The number of allylic oxidation sites excluding steroid dienone is 2. The molecule has 1 aliphatic heterocycles. The van der Waals surface area contributed by atoms with Gasteiger partial charge >= 0.3 is 5.97 Å². The number of nitro benzene ring substituents is 1. The van der Waals surface area contributed by atoms with Gasteiger partial charge in [-0.05, 0) is 25.8 Å². The van der Waals surface area contributed by atoms with Gasteiger partial charge in [0.05, 0.1) is 16.8 Å². The highest BCUT2D eigenvalue weighted by Gasteiger charge is 2.50. The Balaban J connectivity index is 1.58. The highest BCUT2D eigenvalue weighted by molar-refractivity contribution is 6.08. The Morgan fingerprint density at radius 3 is 2.38 bits per heavy atom. The number of nitro groups is 1. The molecule has 1 aromatic carbocycles. The van der Waals surface area contributed by atoms with E-state index in [0.717, 1.165) is 4.90 Å². The van der Waals surface area contributed by atoms with Crippen LogP contribution in [-0.4, -0.2) is 46.2 Å². The molecule has 10 nitrogen and oxygen atoms in total. The standard InChI is InChI=1S/C19H19N3O7/c1-11(21-17(24)12-6-2-3-7-13(12)18(21)25)19(26)29-10-16(23)20-14-8-4-5-9-15(14)22(27)28/h2-5,8-9,11-13H,6-7,10H2,1H3,(H,20,23)/t11-,12-,13-/m0/s1. The van der Waals surface area contributed by atoms with Crippen LogP contribution in [0.1, 0.15) is 19.8 Å². The molecule has 29 heavy (non-hydrogen) atoms. The van der Waals surface area contributed by atoms with Gasteiger partial charge in [-0.2, -0.15) is 0 Å². The Kier molecular flexibility index (Phi) is 5.71. The fourth-order valence-electron chi connectivity index (χ4n) is 3.50. The Labute approximate surface area is 165 Å². The van der Waals surface area contributed by atoms with Crippen molar-refractivity contribution in [2.45, 2.75) is 25.8 Å². The first-order valence-corrected chi connectivity index (χ1v) is 9.03. The summed E-state index contributed by atoms with van der Waals surface area (Å²) in [5, 5.41) is 13.3. The largest absolute Gasteiger partial charge is 0.454 e. The minimum atomic E-state index is -1.17. The lowest BCUT2D eigenvalue weighted by atomic mass is 9.85. The van der Waals surface area contributed by atoms with Gasteiger partial charge < -0.3 is 10.1 Å². The second-order valence-electron chi connectivity index (χ2n) is 6.81. The smallest absolute Gasteiger partial charge is 0.329 e. The van der Waals surface area contributed by atoms with E-state index in [4.69, 9.17) is 4.74 Å². The number of anilines is 1. The molecule has 1 saturated heterocycles. The molecule has 0 unspecified atom stereocenters. The Hall–Kier alpha value is -3.56. The van der Waals surface area contributed by atoms with Gasteiger partial charge in [0.1, 0.15) is 11.7 Å². The summed E-state index contributed by atoms with van der Waals surface area (Å²) in [6.07, 6.45) is 4.58. The molecule has 0 spiro atoms. The van der Waals surface area contributed by atoms with E-state index in [1.165, 1.54) is 31.2 Å². The molecule has 10 heteroatoms. The number of nitrogens with one attached hydrogen (secondary N) is 1. The van der Waals surface area contributed by atoms with E-state index in [1.54, 1.807) is 0 Å². The number of carbonyl (C=O) groups is 4. The number of amides is 3. The summed E-state index contributed by atoms with van der Waals surface area (Å²) in [5.74, 6) is -3.46. The number of imide groups is 1. The predicted molar refractivity (Wildman–Crippen MR) is 99.4 cm³/mol. The van der Waals surface area contributed by atoms with E-state index in [2.05, 4.69) is 5.32 Å². The molecule has 0 aromatic heterocycles. The van der Waals surface area contributed by atoms with E-state index in [-0.39, 0.29) is 11.4 Å². The summed E-state index contributed by atoms with van der Waals surface area (Å²) in [6.45, 7) is 0.655. The molecule has 0 radical (unpaired) electrons. The van der Waals surface area contributed by atoms with Crippen molar-refractivity contribution in [3.8, 4) is 0 Å². The van der Waals surface area contributed by atoms with Crippen LogP contribution in [0.3, 0.4) is 0 Å². The number of ether oxygens (including phenoxy) is 1. The number of benzene rings is 1. The summed E-state index contributed by atoms with van der Waals surface area (Å²) >= 11 is 0. The van der Waals surface area contributed by atoms with Gasteiger partial charge in [0.25, 0.3) is 11.6 Å². The number of hydrogen-bond donors (Lipinski definition) is 1. The molecule has 1 fully saturated rings. The minimum absolute atomic E-state index is 0.0342. The van der Waals surface area contributed by atoms with Crippen molar-refractivity contribution < 1.29 is 28.8 Å². The van der Waals surface area contributed by atoms with Gasteiger partial charge in [0.15, 0.2) is 6.61 Å². The summed E-state index contributed by atoms with van der Waals surface area (Å²) in [7, 11) is 0. The van der Waals surface area contributed by atoms with Crippen LogP contribution in [0.4, 0.5) is 11.4 Å². The maximum atomic E-state index is 12.5. The number of esters is 1. The molecule has 3 atom stereocenters. The van der Waals surface area contributed by atoms with Crippen LogP contribution in [0.2, 0.25) is 0 Å². The maximum Gasteiger partial charge on any atom is 0.329 e. The Morgan fingerprint density at radius 2 is 1.79 bits per heavy atom. The average Bonchev–Trinajstić information content (AvgIpc) is 2.96. The van der Waals surface area contributed by atoms with E-state index in [1.807, 2.05) is 12.2 Å². The number of rotatable bonds is 6. The molecule has 0 saturated carbocycles. The predicted octanol–water partition coefficient (Wildman–Crippen LogP) is 1.42. The van der Waals surface area contributed by atoms with Gasteiger partial charge in [-0.1, -0.05) is 24.3 Å². The van der Waals surface area contributed by atoms with E-state index in [0.29, 0.717) is 12.8 Å². The van der Waals surface area contributed by atoms with Crippen molar-refractivity contribution in [2.24, 2.45) is 11.8 Å². The van der Waals surface area contributed by atoms with Gasteiger partial charge in [0, 0.05) is 6.07 Å². The van der Waals surface area contributed by atoms with Crippen LogP contribution in [0.15, 0.2) is 36.4 Å². The monoisotopic (exact) mass is 401 g/mol. The zero-order valence-corrected chi connectivity index (χ0v) is 15.6. The van der Waals surface area contributed by atoms with Crippen LogP contribution in [0.5, 0.6) is 0 Å². The minimum Gasteiger partial charge on any atom is -0.454 e. The highest BCUT2D eigenvalue weighted by atomic mass is 16.6. The summed E-state index contributed by atoms with van der Waals surface area (Å²) in [5.41, 5.74) is -0.335. The Morgan fingerprint density at radius 1 is 1.21 bits per heavy atom. The number of fused-ring (bicyclic) bond motifs is 1. The fourth-order valence-corrected chi connectivity index (χ4v) is 3.50. The molecule has 1 N–H and O–H groups in total. The lowest BCUT2D eigenvalue weighted by Gasteiger charge is -2.21. The van der Waals surface area contributed by atoms with Gasteiger partial charge in [0.2, 0.25) is 11.8 Å². The van der Waals surface area contributed by atoms with Crippen LogP contribution in [-0.2, 0) is 23.9 Å². The third kappa shape index (κ3) is 4.00. The van der Waals surface area contributed by atoms with Crippen LogP contribution in [0.25, 0.3) is 0 Å². The molecule has 3 amide bonds. The topological polar surface area (TPSA) is 136 Å². The van der Waals surface area contributed by atoms with Crippen molar-refractivity contribution >= 4 is 35.1 Å². The molecular weight excluding hydrogens is 382 g/mol. The molecule has 3 rings (SSSR count). The third-order valence-electron chi connectivity index (χ3n) is 4.99.